The van der Waals surface area contributed by atoms with E-state index in [9.17, 15) is 4.79 Å². The molecule has 1 rings (SSSR count). The van der Waals surface area contributed by atoms with Gasteiger partial charge in [-0.05, 0) is 24.6 Å². The van der Waals surface area contributed by atoms with Gasteiger partial charge in [0.05, 0.1) is 6.61 Å². The van der Waals surface area contributed by atoms with E-state index in [2.05, 4.69) is 11.4 Å². The molecule has 1 N–H and O–H groups in total. The molecule has 0 aliphatic carbocycles. The smallest absolute Gasteiger partial charge is 0.411 e. The van der Waals surface area contributed by atoms with E-state index in [1.54, 1.807) is 24.3 Å². The summed E-state index contributed by atoms with van der Waals surface area (Å²) in [5, 5.41) is 2.62. The van der Waals surface area contributed by atoms with Crippen molar-refractivity contribution < 1.29 is 9.53 Å². The van der Waals surface area contributed by atoms with Gasteiger partial charge in [-0.3, -0.25) is 5.32 Å². The minimum atomic E-state index is -0.398. The van der Waals surface area contributed by atoms with Gasteiger partial charge in [0.1, 0.15) is 0 Å². The summed E-state index contributed by atoms with van der Waals surface area (Å²) in [4.78, 5) is 11.1. The van der Waals surface area contributed by atoms with Crippen molar-refractivity contribution in [2.24, 2.45) is 0 Å². The molecule has 1 radical (unpaired) electrons. The van der Waals surface area contributed by atoms with Crippen LogP contribution in [0, 0.1) is 6.07 Å². The number of hydrogen-bond acceptors (Lipinski definition) is 2. The van der Waals surface area contributed by atoms with Crippen LogP contribution in [0.1, 0.15) is 19.8 Å². The van der Waals surface area contributed by atoms with Crippen LogP contribution in [-0.2, 0) is 4.74 Å². The van der Waals surface area contributed by atoms with Crippen LogP contribution >= 0.6 is 0 Å². The number of nitrogens with one attached hydrogen (secondary N) is 1. The van der Waals surface area contributed by atoms with Gasteiger partial charge < -0.3 is 4.74 Å². The molecule has 0 atom stereocenters. The lowest BCUT2D eigenvalue weighted by molar-refractivity contribution is 0.160. The normalized spacial score (nSPS) is 9.50. The third-order valence-corrected chi connectivity index (χ3v) is 1.70. The summed E-state index contributed by atoms with van der Waals surface area (Å²) in [5.74, 6) is 0. The van der Waals surface area contributed by atoms with Gasteiger partial charge in [0, 0.05) is 5.69 Å². The SMILES string of the molecule is CCCCOC(=O)Nc1cc[c]cc1. The first kappa shape index (κ1) is 10.6. The summed E-state index contributed by atoms with van der Waals surface area (Å²) in [6.07, 6.45) is 1.52. The van der Waals surface area contributed by atoms with Crippen molar-refractivity contribution in [1.82, 2.24) is 0 Å². The van der Waals surface area contributed by atoms with Crippen molar-refractivity contribution in [3.8, 4) is 0 Å². The van der Waals surface area contributed by atoms with Crippen LogP contribution in [-0.4, -0.2) is 12.7 Å². The Labute approximate surface area is 84.1 Å². The summed E-state index contributed by atoms with van der Waals surface area (Å²) in [5.41, 5.74) is 0.727. The molecule has 14 heavy (non-hydrogen) atoms. The second-order valence-electron chi connectivity index (χ2n) is 2.90. The predicted octanol–water partition coefficient (Wildman–Crippen LogP) is 2.84. The third kappa shape index (κ3) is 3.94. The van der Waals surface area contributed by atoms with Crippen LogP contribution in [0.5, 0.6) is 0 Å². The molecule has 75 valence electrons. The first-order chi connectivity index (χ1) is 6.83. The molecular formula is C11H14NO2. The number of carbonyl (C=O) groups is 1. The van der Waals surface area contributed by atoms with Gasteiger partial charge in [0.2, 0.25) is 0 Å². The van der Waals surface area contributed by atoms with Crippen molar-refractivity contribution in [3.05, 3.63) is 30.3 Å². The summed E-state index contributed by atoms with van der Waals surface area (Å²) >= 11 is 0. The minimum Gasteiger partial charge on any atom is -0.449 e. The van der Waals surface area contributed by atoms with Gasteiger partial charge in [-0.15, -0.1) is 0 Å². The second-order valence-corrected chi connectivity index (χ2v) is 2.90. The van der Waals surface area contributed by atoms with Gasteiger partial charge in [0.15, 0.2) is 0 Å². The van der Waals surface area contributed by atoms with Crippen molar-refractivity contribution in [2.75, 3.05) is 11.9 Å². The van der Waals surface area contributed by atoms with Crippen LogP contribution in [0.2, 0.25) is 0 Å². The molecule has 0 heterocycles. The van der Waals surface area contributed by atoms with Crippen LogP contribution in [0.15, 0.2) is 24.3 Å². The zero-order chi connectivity index (χ0) is 10.2. The Hall–Kier alpha value is -1.51. The molecule has 0 saturated heterocycles. The van der Waals surface area contributed by atoms with Gasteiger partial charge >= 0.3 is 6.09 Å². The Bertz CT molecular complexity index is 272. The number of amides is 1. The number of unbranched alkanes of at least 4 members (excludes halogenated alkanes) is 1. The number of rotatable bonds is 4. The highest BCUT2D eigenvalue weighted by Gasteiger charge is 2.00. The fraction of sp³-hybridized carbons (Fsp3) is 0.364. The van der Waals surface area contributed by atoms with E-state index in [4.69, 9.17) is 4.74 Å². The van der Waals surface area contributed by atoms with Gasteiger partial charge in [-0.1, -0.05) is 25.5 Å². The maximum absolute atomic E-state index is 11.1. The highest BCUT2D eigenvalue weighted by Crippen LogP contribution is 2.04. The maximum atomic E-state index is 11.1. The first-order valence-electron chi connectivity index (χ1n) is 4.73. The van der Waals surface area contributed by atoms with Crippen LogP contribution in [0.3, 0.4) is 0 Å². The Morgan fingerprint density at radius 1 is 1.50 bits per heavy atom. The second kappa shape index (κ2) is 6.02. The van der Waals surface area contributed by atoms with Gasteiger partial charge in [0.25, 0.3) is 0 Å². The molecule has 1 aromatic rings. The molecular weight excluding hydrogens is 178 g/mol. The van der Waals surface area contributed by atoms with Crippen molar-refractivity contribution >= 4 is 11.8 Å². The van der Waals surface area contributed by atoms with Crippen molar-refractivity contribution in [1.29, 1.82) is 0 Å². The highest BCUT2D eigenvalue weighted by atomic mass is 16.5. The van der Waals surface area contributed by atoms with E-state index in [1.807, 2.05) is 6.92 Å². The molecule has 0 aromatic heterocycles. The predicted molar refractivity (Wildman–Crippen MR) is 55.2 cm³/mol. The third-order valence-electron chi connectivity index (χ3n) is 1.70. The lowest BCUT2D eigenvalue weighted by Crippen LogP contribution is -2.14. The average molecular weight is 192 g/mol. The fourth-order valence-corrected chi connectivity index (χ4v) is 0.933. The fourth-order valence-electron chi connectivity index (χ4n) is 0.933. The topological polar surface area (TPSA) is 38.3 Å². The van der Waals surface area contributed by atoms with Crippen molar-refractivity contribution in [2.45, 2.75) is 19.8 Å². The number of hydrogen-bond donors (Lipinski definition) is 1. The molecule has 0 saturated carbocycles. The zero-order valence-electron chi connectivity index (χ0n) is 8.25. The standard InChI is InChI=1S/C11H14NO2/c1-2-3-9-14-11(13)12-10-7-5-4-6-8-10/h5-8H,2-3,9H2,1H3,(H,12,13). The highest BCUT2D eigenvalue weighted by molar-refractivity contribution is 5.84. The lowest BCUT2D eigenvalue weighted by Gasteiger charge is -2.05. The maximum Gasteiger partial charge on any atom is 0.411 e. The summed E-state index contributed by atoms with van der Waals surface area (Å²) < 4.78 is 4.93. The monoisotopic (exact) mass is 192 g/mol. The Balaban J connectivity index is 2.27. The van der Waals surface area contributed by atoms with Gasteiger partial charge in [-0.25, -0.2) is 4.79 Å². The van der Waals surface area contributed by atoms with E-state index in [0.29, 0.717) is 6.61 Å². The number of carbonyl (C=O) groups excluding carboxylic acids is 1. The van der Waals surface area contributed by atoms with E-state index >= 15 is 0 Å². The average Bonchev–Trinajstić information content (AvgIpc) is 2.20. The van der Waals surface area contributed by atoms with E-state index < -0.39 is 6.09 Å². The van der Waals surface area contributed by atoms with E-state index in [0.717, 1.165) is 18.5 Å². The summed E-state index contributed by atoms with van der Waals surface area (Å²) in [6.45, 7) is 2.52. The molecule has 3 nitrogen and oxygen atoms in total. The van der Waals surface area contributed by atoms with E-state index in [-0.39, 0.29) is 0 Å². The number of ether oxygens (including phenoxy) is 1. The Morgan fingerprint density at radius 2 is 2.21 bits per heavy atom. The lowest BCUT2D eigenvalue weighted by atomic mass is 10.3. The summed E-state index contributed by atoms with van der Waals surface area (Å²) in [7, 11) is 0. The molecule has 1 amide bonds. The number of benzene rings is 1. The number of anilines is 1. The molecule has 0 bridgehead atoms. The molecule has 3 heteroatoms. The Kier molecular flexibility index (Phi) is 4.55. The quantitative estimate of drug-likeness (QED) is 0.745. The zero-order valence-corrected chi connectivity index (χ0v) is 8.25. The molecule has 0 aliphatic heterocycles. The van der Waals surface area contributed by atoms with Crippen LogP contribution in [0.25, 0.3) is 0 Å². The molecule has 0 spiro atoms. The van der Waals surface area contributed by atoms with Crippen LogP contribution < -0.4 is 5.32 Å². The van der Waals surface area contributed by atoms with Crippen molar-refractivity contribution in [3.63, 3.8) is 0 Å². The minimum absolute atomic E-state index is 0.398. The molecule has 0 fully saturated rings. The molecule has 0 aliphatic rings. The molecule has 0 unspecified atom stereocenters. The first-order valence-corrected chi connectivity index (χ1v) is 4.73. The van der Waals surface area contributed by atoms with E-state index in [1.165, 1.54) is 0 Å². The largest absolute Gasteiger partial charge is 0.449 e. The Morgan fingerprint density at radius 3 is 2.86 bits per heavy atom. The summed E-state index contributed by atoms with van der Waals surface area (Å²) in [6, 6.07) is 9.87. The van der Waals surface area contributed by atoms with Crippen LogP contribution in [0.4, 0.5) is 10.5 Å². The van der Waals surface area contributed by atoms with Gasteiger partial charge in [-0.2, -0.15) is 0 Å². The molecule has 1 aromatic carbocycles.